The van der Waals surface area contributed by atoms with Crippen molar-refractivity contribution in [2.75, 3.05) is 0 Å². The number of hydrogen-bond donors (Lipinski definition) is 0. The third kappa shape index (κ3) is 3.29. The first-order chi connectivity index (χ1) is 6.65. The second-order valence-electron chi connectivity index (χ2n) is 5.70. The van der Waals surface area contributed by atoms with Crippen LogP contribution in [0.4, 0.5) is 0 Å². The quantitative estimate of drug-likeness (QED) is 0.567. The third-order valence-electron chi connectivity index (χ3n) is 4.32. The van der Waals surface area contributed by atoms with E-state index in [0.717, 1.165) is 23.7 Å². The van der Waals surface area contributed by atoms with Gasteiger partial charge in [0.25, 0.3) is 0 Å². The lowest BCUT2D eigenvalue weighted by atomic mass is 9.67. The molecular weight excluding hydrogens is 168 g/mol. The molecule has 0 aromatic carbocycles. The Kier molecular flexibility index (Phi) is 4.98. The van der Waals surface area contributed by atoms with Crippen LogP contribution in [0.15, 0.2) is 0 Å². The van der Waals surface area contributed by atoms with Crippen LogP contribution in [0.1, 0.15) is 66.2 Å². The highest BCUT2D eigenvalue weighted by Gasteiger charge is 2.31. The molecule has 0 spiro atoms. The van der Waals surface area contributed by atoms with E-state index >= 15 is 0 Å². The van der Waals surface area contributed by atoms with Gasteiger partial charge in [0.1, 0.15) is 0 Å². The van der Waals surface area contributed by atoms with E-state index in [1.807, 2.05) is 0 Å². The summed E-state index contributed by atoms with van der Waals surface area (Å²) in [5.41, 5.74) is 0. The van der Waals surface area contributed by atoms with Crippen LogP contribution in [0, 0.1) is 23.7 Å². The lowest BCUT2D eigenvalue weighted by Gasteiger charge is -2.39. The van der Waals surface area contributed by atoms with Crippen molar-refractivity contribution in [1.29, 1.82) is 0 Å². The maximum absolute atomic E-state index is 2.43. The minimum absolute atomic E-state index is 0.877. The summed E-state index contributed by atoms with van der Waals surface area (Å²) in [5, 5.41) is 0. The fraction of sp³-hybridized carbons (Fsp3) is 1.00. The Labute approximate surface area is 90.5 Å². The summed E-state index contributed by atoms with van der Waals surface area (Å²) in [4.78, 5) is 0. The van der Waals surface area contributed by atoms with Crippen molar-refractivity contribution in [3.05, 3.63) is 0 Å². The van der Waals surface area contributed by atoms with Gasteiger partial charge in [-0.2, -0.15) is 0 Å². The van der Waals surface area contributed by atoms with Gasteiger partial charge in [-0.15, -0.1) is 0 Å². The molecule has 0 saturated heterocycles. The summed E-state index contributed by atoms with van der Waals surface area (Å²) in [7, 11) is 0. The van der Waals surface area contributed by atoms with Crippen molar-refractivity contribution >= 4 is 0 Å². The van der Waals surface area contributed by atoms with Crippen molar-refractivity contribution < 1.29 is 0 Å². The van der Waals surface area contributed by atoms with Crippen molar-refractivity contribution in [1.82, 2.24) is 0 Å². The normalized spacial score (nSPS) is 28.9. The van der Waals surface area contributed by atoms with Crippen molar-refractivity contribution in [2.24, 2.45) is 23.7 Å². The Morgan fingerprint density at radius 1 is 1.07 bits per heavy atom. The van der Waals surface area contributed by atoms with Gasteiger partial charge in [0.15, 0.2) is 0 Å². The smallest absolute Gasteiger partial charge is 0.0383 e. The average molecular weight is 196 g/mol. The fourth-order valence-corrected chi connectivity index (χ4v) is 2.54. The van der Waals surface area contributed by atoms with Gasteiger partial charge >= 0.3 is 0 Å². The summed E-state index contributed by atoms with van der Waals surface area (Å²) in [5.74, 6) is 3.99. The summed E-state index contributed by atoms with van der Waals surface area (Å²) in [6.45, 7) is 9.47. The first kappa shape index (κ1) is 12.1. The van der Waals surface area contributed by atoms with Gasteiger partial charge in [-0.1, -0.05) is 47.0 Å². The van der Waals surface area contributed by atoms with Gasteiger partial charge < -0.3 is 0 Å². The Morgan fingerprint density at radius 3 is 2.14 bits per heavy atom. The Bertz CT molecular complexity index is 148. The van der Waals surface area contributed by atoms with Gasteiger partial charge in [0.2, 0.25) is 0 Å². The number of hydrogen-bond acceptors (Lipinski definition) is 0. The molecule has 0 N–H and O–H groups in total. The van der Waals surface area contributed by atoms with Crippen LogP contribution in [0.5, 0.6) is 0 Å². The lowest BCUT2D eigenvalue weighted by Crippen LogP contribution is -2.28. The molecule has 84 valence electrons. The van der Waals surface area contributed by atoms with Crippen molar-refractivity contribution in [3.8, 4) is 0 Å². The second-order valence-corrected chi connectivity index (χ2v) is 5.70. The van der Waals surface area contributed by atoms with Crippen molar-refractivity contribution in [3.63, 3.8) is 0 Å². The summed E-state index contributed by atoms with van der Waals surface area (Å²) >= 11 is 0. The topological polar surface area (TPSA) is 0 Å². The molecule has 0 bridgehead atoms. The number of unbranched alkanes of at least 4 members (excludes halogenated alkanes) is 1. The van der Waals surface area contributed by atoms with Crippen LogP contribution in [-0.4, -0.2) is 0 Å². The highest BCUT2D eigenvalue weighted by atomic mass is 14.4. The van der Waals surface area contributed by atoms with Gasteiger partial charge in [-0.05, 0) is 42.9 Å². The van der Waals surface area contributed by atoms with Crippen LogP contribution >= 0.6 is 0 Å². The van der Waals surface area contributed by atoms with Gasteiger partial charge in [-0.25, -0.2) is 0 Å². The van der Waals surface area contributed by atoms with E-state index in [0.29, 0.717) is 0 Å². The zero-order valence-corrected chi connectivity index (χ0v) is 10.6. The molecule has 3 atom stereocenters. The highest BCUT2D eigenvalue weighted by Crippen LogP contribution is 2.42. The molecule has 3 unspecified atom stereocenters. The zero-order valence-electron chi connectivity index (χ0n) is 10.6. The van der Waals surface area contributed by atoms with Crippen molar-refractivity contribution in [2.45, 2.75) is 66.2 Å². The summed E-state index contributed by atoms with van der Waals surface area (Å²) in [6.07, 6.45) is 8.87. The monoisotopic (exact) mass is 196 g/mol. The van der Waals surface area contributed by atoms with Crippen LogP contribution < -0.4 is 0 Å². The van der Waals surface area contributed by atoms with Crippen LogP contribution in [0.2, 0.25) is 0 Å². The molecule has 0 amide bonds. The predicted molar refractivity (Wildman–Crippen MR) is 64.4 cm³/mol. The molecule has 0 heteroatoms. The predicted octanol–water partition coefficient (Wildman–Crippen LogP) is 4.89. The Balaban J connectivity index is 2.18. The number of rotatable bonds is 6. The Hall–Kier alpha value is 0. The average Bonchev–Trinajstić information content (AvgIpc) is 2.12. The lowest BCUT2D eigenvalue weighted by molar-refractivity contribution is 0.120. The highest BCUT2D eigenvalue weighted by molar-refractivity contribution is 4.82. The SMILES string of the molecule is CCCCC1CCC1CC(C)C(C)C. The van der Waals surface area contributed by atoms with Gasteiger partial charge in [-0.3, -0.25) is 0 Å². The van der Waals surface area contributed by atoms with Crippen LogP contribution in [0.25, 0.3) is 0 Å². The van der Waals surface area contributed by atoms with Gasteiger partial charge in [0.05, 0.1) is 0 Å². The van der Waals surface area contributed by atoms with Crippen LogP contribution in [0.3, 0.4) is 0 Å². The van der Waals surface area contributed by atoms with E-state index in [4.69, 9.17) is 0 Å². The molecule has 1 rings (SSSR count). The summed E-state index contributed by atoms with van der Waals surface area (Å²) < 4.78 is 0. The minimum atomic E-state index is 0.877. The van der Waals surface area contributed by atoms with E-state index in [1.54, 1.807) is 0 Å². The van der Waals surface area contributed by atoms with E-state index in [-0.39, 0.29) is 0 Å². The molecule has 0 nitrogen and oxygen atoms in total. The fourth-order valence-electron chi connectivity index (χ4n) is 2.54. The van der Waals surface area contributed by atoms with Crippen LogP contribution in [-0.2, 0) is 0 Å². The zero-order chi connectivity index (χ0) is 10.6. The van der Waals surface area contributed by atoms with Gasteiger partial charge in [0, 0.05) is 0 Å². The molecule has 1 saturated carbocycles. The maximum Gasteiger partial charge on any atom is -0.0383 e. The van der Waals surface area contributed by atoms with E-state index < -0.39 is 0 Å². The summed E-state index contributed by atoms with van der Waals surface area (Å²) in [6, 6.07) is 0. The molecule has 0 radical (unpaired) electrons. The van der Waals surface area contributed by atoms with E-state index in [9.17, 15) is 0 Å². The maximum atomic E-state index is 2.43. The molecule has 0 heterocycles. The third-order valence-corrected chi connectivity index (χ3v) is 4.32. The second kappa shape index (κ2) is 5.78. The molecule has 0 aromatic rings. The molecule has 1 aliphatic carbocycles. The first-order valence-corrected chi connectivity index (χ1v) is 6.65. The molecule has 0 aromatic heterocycles. The van der Waals surface area contributed by atoms with E-state index in [2.05, 4.69) is 27.7 Å². The molecular formula is C14H28. The molecule has 1 fully saturated rings. The molecule has 0 aliphatic heterocycles. The Morgan fingerprint density at radius 2 is 1.71 bits per heavy atom. The molecule has 1 aliphatic rings. The standard InChI is InChI=1S/C14H28/c1-5-6-7-13-8-9-14(13)10-12(4)11(2)3/h11-14H,5-10H2,1-4H3. The van der Waals surface area contributed by atoms with E-state index in [1.165, 1.54) is 38.5 Å². The minimum Gasteiger partial charge on any atom is -0.0654 e. The first-order valence-electron chi connectivity index (χ1n) is 6.65. The molecule has 14 heavy (non-hydrogen) atoms. The largest absolute Gasteiger partial charge is 0.0654 e.